The van der Waals surface area contributed by atoms with Gasteiger partial charge < -0.3 is 10.6 Å². The molecule has 0 spiro atoms. The van der Waals surface area contributed by atoms with Gasteiger partial charge in [0, 0.05) is 5.69 Å². The predicted molar refractivity (Wildman–Crippen MR) is 65.5 cm³/mol. The van der Waals surface area contributed by atoms with Crippen LogP contribution in [0.25, 0.3) is 0 Å². The lowest BCUT2D eigenvalue weighted by Gasteiger charge is -2.11. The van der Waals surface area contributed by atoms with Gasteiger partial charge in [-0.15, -0.1) is 0 Å². The average Bonchev–Trinajstić information content (AvgIpc) is 2.83. The second-order valence-electron chi connectivity index (χ2n) is 4.19. The number of benzene rings is 1. The topological polar surface area (TPSA) is 41.1 Å². The van der Waals surface area contributed by atoms with E-state index in [1.165, 1.54) is 5.56 Å². The molecule has 1 unspecified atom stereocenters. The first kappa shape index (κ1) is 11.1. The third-order valence-corrected chi connectivity index (χ3v) is 2.98. The van der Waals surface area contributed by atoms with Gasteiger partial charge in [0.25, 0.3) is 0 Å². The summed E-state index contributed by atoms with van der Waals surface area (Å²) in [6, 6.07) is 8.02. The minimum atomic E-state index is -0.00900. The number of anilines is 1. The van der Waals surface area contributed by atoms with E-state index in [9.17, 15) is 4.79 Å². The molecule has 16 heavy (non-hydrogen) atoms. The lowest BCUT2D eigenvalue weighted by molar-refractivity contribution is -0.117. The number of aryl methyl sites for hydroxylation is 1. The standard InChI is InChI=1S/C13H18N2O/c1-2-10-5-3-6-11(9-10)15-13(16)12-7-4-8-14-12/h3,5-6,9,12,14H,2,4,7-8H2,1H3,(H,15,16). The molecule has 1 aliphatic heterocycles. The van der Waals surface area contributed by atoms with Crippen LogP contribution in [0.3, 0.4) is 0 Å². The van der Waals surface area contributed by atoms with E-state index in [1.807, 2.05) is 18.2 Å². The number of carbonyl (C=O) groups excluding carboxylic acids is 1. The van der Waals surface area contributed by atoms with Gasteiger partial charge in [0.2, 0.25) is 5.91 Å². The Bertz CT molecular complexity index is 370. The van der Waals surface area contributed by atoms with Crippen LogP contribution < -0.4 is 10.6 Å². The summed E-state index contributed by atoms with van der Waals surface area (Å²) >= 11 is 0. The maximum atomic E-state index is 11.8. The van der Waals surface area contributed by atoms with Crippen molar-refractivity contribution in [2.24, 2.45) is 0 Å². The zero-order chi connectivity index (χ0) is 11.4. The molecule has 2 rings (SSSR count). The van der Waals surface area contributed by atoms with Gasteiger partial charge in [0.05, 0.1) is 6.04 Å². The van der Waals surface area contributed by atoms with Gasteiger partial charge in [-0.1, -0.05) is 19.1 Å². The number of hydrogen-bond acceptors (Lipinski definition) is 2. The molecule has 0 bridgehead atoms. The monoisotopic (exact) mass is 218 g/mol. The van der Waals surface area contributed by atoms with E-state index in [1.54, 1.807) is 0 Å². The number of nitrogens with one attached hydrogen (secondary N) is 2. The maximum absolute atomic E-state index is 11.8. The van der Waals surface area contributed by atoms with E-state index in [-0.39, 0.29) is 11.9 Å². The van der Waals surface area contributed by atoms with Gasteiger partial charge in [-0.3, -0.25) is 4.79 Å². The van der Waals surface area contributed by atoms with Crippen LogP contribution in [0.4, 0.5) is 5.69 Å². The number of amides is 1. The fraction of sp³-hybridized carbons (Fsp3) is 0.462. The number of hydrogen-bond donors (Lipinski definition) is 2. The van der Waals surface area contributed by atoms with Crippen molar-refractivity contribution in [3.63, 3.8) is 0 Å². The molecular weight excluding hydrogens is 200 g/mol. The summed E-state index contributed by atoms with van der Waals surface area (Å²) in [5.74, 6) is 0.0887. The average molecular weight is 218 g/mol. The molecular formula is C13H18N2O. The Morgan fingerprint density at radius 2 is 2.44 bits per heavy atom. The predicted octanol–water partition coefficient (Wildman–Crippen LogP) is 1.94. The molecule has 1 saturated heterocycles. The van der Waals surface area contributed by atoms with E-state index in [2.05, 4.69) is 23.6 Å². The van der Waals surface area contributed by atoms with Gasteiger partial charge in [-0.25, -0.2) is 0 Å². The van der Waals surface area contributed by atoms with Crippen molar-refractivity contribution < 1.29 is 4.79 Å². The quantitative estimate of drug-likeness (QED) is 0.814. The van der Waals surface area contributed by atoms with Crippen molar-refractivity contribution in [2.75, 3.05) is 11.9 Å². The van der Waals surface area contributed by atoms with Crippen molar-refractivity contribution in [3.8, 4) is 0 Å². The molecule has 0 saturated carbocycles. The maximum Gasteiger partial charge on any atom is 0.241 e. The Balaban J connectivity index is 1.99. The molecule has 3 nitrogen and oxygen atoms in total. The molecule has 1 fully saturated rings. The molecule has 1 aromatic carbocycles. The highest BCUT2D eigenvalue weighted by Gasteiger charge is 2.21. The minimum Gasteiger partial charge on any atom is -0.325 e. The first-order valence-corrected chi connectivity index (χ1v) is 5.93. The first-order valence-electron chi connectivity index (χ1n) is 5.93. The molecule has 1 aliphatic rings. The van der Waals surface area contributed by atoms with E-state index < -0.39 is 0 Å². The molecule has 2 N–H and O–H groups in total. The van der Waals surface area contributed by atoms with E-state index in [0.29, 0.717) is 0 Å². The smallest absolute Gasteiger partial charge is 0.241 e. The highest BCUT2D eigenvalue weighted by atomic mass is 16.2. The van der Waals surface area contributed by atoms with Crippen LogP contribution in [0, 0.1) is 0 Å². The molecule has 0 aromatic heterocycles. The molecule has 3 heteroatoms. The largest absolute Gasteiger partial charge is 0.325 e. The summed E-state index contributed by atoms with van der Waals surface area (Å²) in [5.41, 5.74) is 2.15. The fourth-order valence-corrected chi connectivity index (χ4v) is 2.01. The van der Waals surface area contributed by atoms with E-state index in [4.69, 9.17) is 0 Å². The molecule has 0 radical (unpaired) electrons. The van der Waals surface area contributed by atoms with Crippen LogP contribution in [0.1, 0.15) is 25.3 Å². The summed E-state index contributed by atoms with van der Waals surface area (Å²) in [5, 5.41) is 6.15. The van der Waals surface area contributed by atoms with E-state index in [0.717, 1.165) is 31.5 Å². The van der Waals surface area contributed by atoms with Gasteiger partial charge >= 0.3 is 0 Å². The van der Waals surface area contributed by atoms with Gasteiger partial charge in [0.1, 0.15) is 0 Å². The molecule has 1 amide bonds. The second kappa shape index (κ2) is 5.12. The summed E-state index contributed by atoms with van der Waals surface area (Å²) in [6.45, 7) is 3.06. The lowest BCUT2D eigenvalue weighted by Crippen LogP contribution is -2.35. The van der Waals surface area contributed by atoms with Crippen molar-refractivity contribution in [3.05, 3.63) is 29.8 Å². The van der Waals surface area contributed by atoms with Crippen LogP contribution in [0.5, 0.6) is 0 Å². The van der Waals surface area contributed by atoms with Crippen molar-refractivity contribution >= 4 is 11.6 Å². The van der Waals surface area contributed by atoms with Crippen LogP contribution in [0.15, 0.2) is 24.3 Å². The van der Waals surface area contributed by atoms with Crippen LogP contribution in [-0.2, 0) is 11.2 Å². The third kappa shape index (κ3) is 2.61. The normalized spacial score (nSPS) is 19.7. The second-order valence-corrected chi connectivity index (χ2v) is 4.19. The lowest BCUT2D eigenvalue weighted by atomic mass is 10.1. The van der Waals surface area contributed by atoms with Crippen LogP contribution in [-0.4, -0.2) is 18.5 Å². The van der Waals surface area contributed by atoms with Crippen molar-refractivity contribution in [2.45, 2.75) is 32.2 Å². The van der Waals surface area contributed by atoms with Gasteiger partial charge in [-0.05, 0) is 43.5 Å². The minimum absolute atomic E-state index is 0.00900. The number of rotatable bonds is 3. The number of carbonyl (C=O) groups is 1. The fourth-order valence-electron chi connectivity index (χ4n) is 2.01. The summed E-state index contributed by atoms with van der Waals surface area (Å²) in [7, 11) is 0. The van der Waals surface area contributed by atoms with Crippen molar-refractivity contribution in [1.82, 2.24) is 5.32 Å². The first-order chi connectivity index (χ1) is 7.79. The van der Waals surface area contributed by atoms with Crippen molar-refractivity contribution in [1.29, 1.82) is 0 Å². The zero-order valence-electron chi connectivity index (χ0n) is 9.62. The Morgan fingerprint density at radius 3 is 3.12 bits per heavy atom. The summed E-state index contributed by atoms with van der Waals surface area (Å²) in [4.78, 5) is 11.8. The molecule has 1 heterocycles. The van der Waals surface area contributed by atoms with Crippen LogP contribution >= 0.6 is 0 Å². The molecule has 86 valence electrons. The highest BCUT2D eigenvalue weighted by molar-refractivity contribution is 5.95. The van der Waals surface area contributed by atoms with Gasteiger partial charge in [0.15, 0.2) is 0 Å². The molecule has 1 atom stereocenters. The molecule has 1 aromatic rings. The van der Waals surface area contributed by atoms with Crippen LogP contribution in [0.2, 0.25) is 0 Å². The Labute approximate surface area is 96.2 Å². The third-order valence-electron chi connectivity index (χ3n) is 2.98. The summed E-state index contributed by atoms with van der Waals surface area (Å²) in [6.07, 6.45) is 3.03. The summed E-state index contributed by atoms with van der Waals surface area (Å²) < 4.78 is 0. The highest BCUT2D eigenvalue weighted by Crippen LogP contribution is 2.13. The zero-order valence-corrected chi connectivity index (χ0v) is 9.62. The molecule has 0 aliphatic carbocycles. The Hall–Kier alpha value is -1.35. The Kier molecular flexibility index (Phi) is 3.57. The van der Waals surface area contributed by atoms with E-state index >= 15 is 0 Å². The SMILES string of the molecule is CCc1cccc(NC(=O)C2CCCN2)c1. The van der Waals surface area contributed by atoms with Gasteiger partial charge in [-0.2, -0.15) is 0 Å². The Morgan fingerprint density at radius 1 is 1.56 bits per heavy atom.